The Kier molecular flexibility index (Phi) is 5.77. The zero-order valence-corrected chi connectivity index (χ0v) is 14.5. The molecule has 2 amide bonds. The molecule has 128 valence electrons. The predicted octanol–water partition coefficient (Wildman–Crippen LogP) is 3.18. The number of hydrogen-bond donors (Lipinski definition) is 2. The molecule has 1 unspecified atom stereocenters. The lowest BCUT2D eigenvalue weighted by Crippen LogP contribution is -2.37. The van der Waals surface area contributed by atoms with Crippen LogP contribution in [-0.4, -0.2) is 35.3 Å². The van der Waals surface area contributed by atoms with E-state index in [0.717, 1.165) is 38.0 Å². The van der Waals surface area contributed by atoms with Gasteiger partial charge in [0.25, 0.3) is 0 Å². The molecule has 0 radical (unpaired) electrons. The molecule has 2 aromatic rings. The zero-order chi connectivity index (χ0) is 16.8. The molecule has 7 heteroatoms. The molecular weight excluding hydrogens is 324 g/mol. The molecule has 0 bridgehead atoms. The highest BCUT2D eigenvalue weighted by Gasteiger charge is 2.19. The minimum Gasteiger partial charge on any atom is -0.381 e. The quantitative estimate of drug-likeness (QED) is 0.872. The molecule has 0 spiro atoms. The summed E-state index contributed by atoms with van der Waals surface area (Å²) in [5.41, 5.74) is 1.10. The molecule has 2 aromatic heterocycles. The summed E-state index contributed by atoms with van der Waals surface area (Å²) >= 11 is 1.55. The van der Waals surface area contributed by atoms with E-state index in [-0.39, 0.29) is 12.1 Å². The van der Waals surface area contributed by atoms with Gasteiger partial charge >= 0.3 is 6.03 Å². The fourth-order valence-electron chi connectivity index (χ4n) is 2.80. The van der Waals surface area contributed by atoms with Crippen LogP contribution >= 0.6 is 11.3 Å². The molecule has 0 aliphatic carbocycles. The monoisotopic (exact) mass is 346 g/mol. The van der Waals surface area contributed by atoms with Crippen LogP contribution < -0.4 is 10.6 Å². The van der Waals surface area contributed by atoms with E-state index < -0.39 is 0 Å². The highest BCUT2D eigenvalue weighted by Crippen LogP contribution is 2.32. The summed E-state index contributed by atoms with van der Waals surface area (Å²) in [4.78, 5) is 21.7. The van der Waals surface area contributed by atoms with E-state index in [1.165, 1.54) is 4.88 Å². The van der Waals surface area contributed by atoms with Gasteiger partial charge in [0.2, 0.25) is 0 Å². The molecule has 1 atom stereocenters. The van der Waals surface area contributed by atoms with Gasteiger partial charge in [-0.15, -0.1) is 11.3 Å². The van der Waals surface area contributed by atoms with E-state index in [1.807, 2.05) is 31.5 Å². The van der Waals surface area contributed by atoms with Crippen molar-refractivity contribution in [3.63, 3.8) is 0 Å². The normalized spacial score (nSPS) is 16.5. The van der Waals surface area contributed by atoms with Gasteiger partial charge in [0.15, 0.2) is 5.13 Å². The van der Waals surface area contributed by atoms with E-state index in [2.05, 4.69) is 20.6 Å². The molecule has 0 aromatic carbocycles. The van der Waals surface area contributed by atoms with E-state index in [0.29, 0.717) is 11.0 Å². The second kappa shape index (κ2) is 8.21. The Labute approximate surface area is 145 Å². The molecule has 1 fully saturated rings. The first-order valence-electron chi connectivity index (χ1n) is 8.20. The van der Waals surface area contributed by atoms with Crippen molar-refractivity contribution in [3.05, 3.63) is 41.2 Å². The third-order valence-electron chi connectivity index (χ3n) is 4.01. The SMILES string of the molecule is CC(Cc1cccnc1)NC(=O)Nc1ncc(C2CCOCC2)s1. The number of rotatable bonds is 5. The fourth-order valence-corrected chi connectivity index (χ4v) is 3.78. The van der Waals surface area contributed by atoms with Gasteiger partial charge in [-0.1, -0.05) is 6.07 Å². The van der Waals surface area contributed by atoms with Crippen molar-refractivity contribution in [2.24, 2.45) is 0 Å². The van der Waals surface area contributed by atoms with Gasteiger partial charge in [-0.3, -0.25) is 10.3 Å². The second-order valence-electron chi connectivity index (χ2n) is 6.02. The number of aromatic nitrogens is 2. The average molecular weight is 346 g/mol. The van der Waals surface area contributed by atoms with Crippen LogP contribution in [0.15, 0.2) is 30.7 Å². The smallest absolute Gasteiger partial charge is 0.321 e. The standard InChI is InChI=1S/C17H22N4O2S/c1-12(9-13-3-2-6-18-10-13)20-16(22)21-17-19-11-15(24-17)14-4-7-23-8-5-14/h2-3,6,10-12,14H,4-5,7-9H2,1H3,(H2,19,20,21,22). The molecule has 0 saturated carbocycles. The number of carbonyl (C=O) groups is 1. The summed E-state index contributed by atoms with van der Waals surface area (Å²) in [6, 6.07) is 3.70. The number of ether oxygens (including phenoxy) is 1. The molecule has 3 rings (SSSR count). The summed E-state index contributed by atoms with van der Waals surface area (Å²) in [5, 5.41) is 6.40. The third kappa shape index (κ3) is 4.75. The number of carbonyl (C=O) groups excluding carboxylic acids is 1. The van der Waals surface area contributed by atoms with E-state index in [1.54, 1.807) is 17.5 Å². The number of pyridine rings is 1. The molecule has 1 aliphatic rings. The average Bonchev–Trinajstić information content (AvgIpc) is 3.04. The second-order valence-corrected chi connectivity index (χ2v) is 7.08. The Bertz CT molecular complexity index is 656. The maximum Gasteiger partial charge on any atom is 0.321 e. The van der Waals surface area contributed by atoms with Crippen molar-refractivity contribution in [3.8, 4) is 0 Å². The van der Waals surface area contributed by atoms with Crippen molar-refractivity contribution < 1.29 is 9.53 Å². The Morgan fingerprint density at radius 2 is 2.25 bits per heavy atom. The molecule has 1 aliphatic heterocycles. The highest BCUT2D eigenvalue weighted by molar-refractivity contribution is 7.15. The van der Waals surface area contributed by atoms with Crippen LogP contribution in [0.5, 0.6) is 0 Å². The Morgan fingerprint density at radius 1 is 1.42 bits per heavy atom. The lowest BCUT2D eigenvalue weighted by Gasteiger charge is -2.20. The van der Waals surface area contributed by atoms with Gasteiger partial charge in [0.05, 0.1) is 0 Å². The zero-order valence-electron chi connectivity index (χ0n) is 13.7. The van der Waals surface area contributed by atoms with Crippen molar-refractivity contribution in [2.75, 3.05) is 18.5 Å². The maximum absolute atomic E-state index is 12.1. The van der Waals surface area contributed by atoms with Crippen molar-refractivity contribution >= 4 is 22.5 Å². The summed E-state index contributed by atoms with van der Waals surface area (Å²) in [5.74, 6) is 0.499. The predicted molar refractivity (Wildman–Crippen MR) is 94.5 cm³/mol. The Hall–Kier alpha value is -1.99. The van der Waals surface area contributed by atoms with Gasteiger partial charge in [0.1, 0.15) is 0 Å². The molecular formula is C17H22N4O2S. The molecule has 1 saturated heterocycles. The van der Waals surface area contributed by atoms with Crippen molar-refractivity contribution in [1.82, 2.24) is 15.3 Å². The number of nitrogens with one attached hydrogen (secondary N) is 2. The number of anilines is 1. The minimum atomic E-state index is -0.223. The number of urea groups is 1. The van der Waals surface area contributed by atoms with Crippen molar-refractivity contribution in [2.45, 2.75) is 38.1 Å². The summed E-state index contributed by atoms with van der Waals surface area (Å²) in [6.45, 7) is 3.58. The van der Waals surface area contributed by atoms with Crippen LogP contribution in [0.25, 0.3) is 0 Å². The van der Waals surface area contributed by atoms with Crippen LogP contribution in [0.2, 0.25) is 0 Å². The number of hydrogen-bond acceptors (Lipinski definition) is 5. The number of nitrogens with zero attached hydrogens (tertiary/aromatic N) is 2. The van der Waals surface area contributed by atoms with Gasteiger partial charge in [-0.2, -0.15) is 0 Å². The first-order valence-corrected chi connectivity index (χ1v) is 9.02. The van der Waals surface area contributed by atoms with Crippen LogP contribution in [0.3, 0.4) is 0 Å². The summed E-state index contributed by atoms with van der Waals surface area (Å²) in [6.07, 6.45) is 8.22. The molecule has 6 nitrogen and oxygen atoms in total. The maximum atomic E-state index is 12.1. The van der Waals surface area contributed by atoms with E-state index >= 15 is 0 Å². The van der Waals surface area contributed by atoms with Crippen LogP contribution in [0.1, 0.15) is 36.1 Å². The van der Waals surface area contributed by atoms with Gasteiger partial charge in [-0.25, -0.2) is 9.78 Å². The van der Waals surface area contributed by atoms with Crippen LogP contribution in [-0.2, 0) is 11.2 Å². The van der Waals surface area contributed by atoms with Crippen molar-refractivity contribution in [1.29, 1.82) is 0 Å². The van der Waals surface area contributed by atoms with Gasteiger partial charge in [0, 0.05) is 42.7 Å². The lowest BCUT2D eigenvalue weighted by molar-refractivity contribution is 0.0860. The largest absolute Gasteiger partial charge is 0.381 e. The Balaban J connectivity index is 1.48. The fraction of sp³-hybridized carbons (Fsp3) is 0.471. The Morgan fingerprint density at radius 3 is 3.00 bits per heavy atom. The third-order valence-corrected chi connectivity index (χ3v) is 5.09. The van der Waals surface area contributed by atoms with Crippen LogP contribution in [0.4, 0.5) is 9.93 Å². The van der Waals surface area contributed by atoms with Gasteiger partial charge in [-0.05, 0) is 43.7 Å². The molecule has 3 heterocycles. The summed E-state index contributed by atoms with van der Waals surface area (Å²) in [7, 11) is 0. The highest BCUT2D eigenvalue weighted by atomic mass is 32.1. The van der Waals surface area contributed by atoms with Gasteiger partial charge < -0.3 is 10.1 Å². The topological polar surface area (TPSA) is 76.1 Å². The first kappa shape index (κ1) is 16.9. The molecule has 2 N–H and O–H groups in total. The van der Waals surface area contributed by atoms with E-state index in [4.69, 9.17) is 4.74 Å². The van der Waals surface area contributed by atoms with Crippen LogP contribution in [0, 0.1) is 0 Å². The number of thiazole rings is 1. The lowest BCUT2D eigenvalue weighted by atomic mass is 9.99. The number of amides is 2. The minimum absolute atomic E-state index is 0.0177. The first-order chi connectivity index (χ1) is 11.7. The van der Waals surface area contributed by atoms with E-state index in [9.17, 15) is 4.79 Å². The summed E-state index contributed by atoms with van der Waals surface area (Å²) < 4.78 is 5.39. The molecule has 24 heavy (non-hydrogen) atoms.